The summed E-state index contributed by atoms with van der Waals surface area (Å²) in [4.78, 5) is 4.51. The zero-order valence-corrected chi connectivity index (χ0v) is 20.6. The Hall–Kier alpha value is -2.00. The summed E-state index contributed by atoms with van der Waals surface area (Å²) in [5.74, 6) is 2.35. The third-order valence-electron chi connectivity index (χ3n) is 4.27. The summed E-state index contributed by atoms with van der Waals surface area (Å²) in [7, 11) is 1.66. The lowest BCUT2D eigenvalue weighted by Gasteiger charge is -2.14. The van der Waals surface area contributed by atoms with Gasteiger partial charge in [0.25, 0.3) is 0 Å². The van der Waals surface area contributed by atoms with Crippen LogP contribution in [0.1, 0.15) is 38.0 Å². The second-order valence-corrected chi connectivity index (χ2v) is 7.00. The molecule has 0 bridgehead atoms. The maximum absolute atomic E-state index is 10.4. The fraction of sp³-hybridized carbons (Fsp3) is 0.435. The van der Waals surface area contributed by atoms with Gasteiger partial charge in [0.05, 0.1) is 25.9 Å². The van der Waals surface area contributed by atoms with Gasteiger partial charge in [-0.3, -0.25) is 4.99 Å². The van der Waals surface area contributed by atoms with Gasteiger partial charge in [0, 0.05) is 13.1 Å². The van der Waals surface area contributed by atoms with Crippen LogP contribution in [0.2, 0.25) is 0 Å². The second kappa shape index (κ2) is 14.1. The minimum absolute atomic E-state index is 0. The molecule has 0 aliphatic heterocycles. The normalized spacial score (nSPS) is 12.1. The number of hydrogen-bond acceptors (Lipinski definition) is 4. The number of hydrogen-bond donors (Lipinski definition) is 3. The summed E-state index contributed by atoms with van der Waals surface area (Å²) < 4.78 is 10.8. The van der Waals surface area contributed by atoms with E-state index in [2.05, 4.69) is 27.8 Å². The lowest BCUT2D eigenvalue weighted by molar-refractivity contribution is 0.186. The third-order valence-corrected chi connectivity index (χ3v) is 4.27. The highest BCUT2D eigenvalue weighted by atomic mass is 127. The first-order valence-electron chi connectivity index (χ1n) is 10.1. The number of aliphatic imine (C=N–C) groups is 1. The molecule has 2 aromatic carbocycles. The van der Waals surface area contributed by atoms with Crippen molar-refractivity contribution in [2.75, 3.05) is 26.7 Å². The van der Waals surface area contributed by atoms with Gasteiger partial charge in [0.1, 0.15) is 11.5 Å². The highest BCUT2D eigenvalue weighted by Gasteiger charge is 2.08. The summed E-state index contributed by atoms with van der Waals surface area (Å²) in [6.07, 6.45) is 0.330. The van der Waals surface area contributed by atoms with Gasteiger partial charge in [0.15, 0.2) is 5.96 Å². The standard InChI is InChI=1S/C23H33N3O3.HI/c1-5-24-23(25-15-14-18-6-10-20(28-4)11-7-18)26-16-22(27)19-8-12-21(13-9-19)29-17(2)3;/h6-13,17,22,27H,5,14-16H2,1-4H3,(H2,24,25,26);1H. The smallest absolute Gasteiger partial charge is 0.191 e. The van der Waals surface area contributed by atoms with Crippen LogP contribution in [0, 0.1) is 0 Å². The number of benzene rings is 2. The predicted molar refractivity (Wildman–Crippen MR) is 133 cm³/mol. The number of aliphatic hydroxyl groups excluding tert-OH is 1. The van der Waals surface area contributed by atoms with Crippen molar-refractivity contribution in [1.82, 2.24) is 10.6 Å². The molecule has 0 saturated heterocycles. The minimum Gasteiger partial charge on any atom is -0.497 e. The van der Waals surface area contributed by atoms with E-state index in [1.165, 1.54) is 5.56 Å². The monoisotopic (exact) mass is 527 g/mol. The molecule has 166 valence electrons. The first-order chi connectivity index (χ1) is 14.0. The van der Waals surface area contributed by atoms with Gasteiger partial charge >= 0.3 is 0 Å². The Kier molecular flexibility index (Phi) is 12.2. The van der Waals surface area contributed by atoms with Crippen molar-refractivity contribution >= 4 is 29.9 Å². The number of methoxy groups -OCH3 is 1. The molecule has 0 radical (unpaired) electrons. The Morgan fingerprint density at radius 1 is 1.00 bits per heavy atom. The molecule has 2 rings (SSSR count). The molecule has 0 spiro atoms. The van der Waals surface area contributed by atoms with Crippen LogP contribution < -0.4 is 20.1 Å². The van der Waals surface area contributed by atoms with Crippen LogP contribution in [0.15, 0.2) is 53.5 Å². The van der Waals surface area contributed by atoms with E-state index in [1.807, 2.05) is 57.2 Å². The molecular weight excluding hydrogens is 493 g/mol. The van der Waals surface area contributed by atoms with Gasteiger partial charge in [-0.25, -0.2) is 0 Å². The van der Waals surface area contributed by atoms with Crippen LogP contribution in [0.3, 0.4) is 0 Å². The summed E-state index contributed by atoms with van der Waals surface area (Å²) in [5.41, 5.74) is 2.04. The Morgan fingerprint density at radius 2 is 1.63 bits per heavy atom. The van der Waals surface area contributed by atoms with Crippen molar-refractivity contribution in [3.63, 3.8) is 0 Å². The van der Waals surface area contributed by atoms with E-state index in [0.29, 0.717) is 5.96 Å². The van der Waals surface area contributed by atoms with Gasteiger partial charge < -0.3 is 25.2 Å². The zero-order chi connectivity index (χ0) is 21.1. The van der Waals surface area contributed by atoms with E-state index in [0.717, 1.165) is 36.6 Å². The van der Waals surface area contributed by atoms with Gasteiger partial charge in [-0.15, -0.1) is 24.0 Å². The second-order valence-electron chi connectivity index (χ2n) is 7.00. The zero-order valence-electron chi connectivity index (χ0n) is 18.2. The van der Waals surface area contributed by atoms with E-state index in [-0.39, 0.29) is 36.6 Å². The Morgan fingerprint density at radius 3 is 2.20 bits per heavy atom. The highest BCUT2D eigenvalue weighted by molar-refractivity contribution is 14.0. The molecule has 30 heavy (non-hydrogen) atoms. The SMILES string of the molecule is CCNC(=NCC(O)c1ccc(OC(C)C)cc1)NCCc1ccc(OC)cc1.I. The molecule has 0 saturated carbocycles. The Labute approximate surface area is 197 Å². The number of nitrogens with zero attached hydrogens (tertiary/aromatic N) is 1. The summed E-state index contributed by atoms with van der Waals surface area (Å²) in [6.45, 7) is 7.77. The number of nitrogens with one attached hydrogen (secondary N) is 2. The molecule has 0 fully saturated rings. The maximum atomic E-state index is 10.4. The van der Waals surface area contributed by atoms with E-state index in [9.17, 15) is 5.11 Å². The number of guanidine groups is 1. The van der Waals surface area contributed by atoms with Crippen molar-refractivity contribution < 1.29 is 14.6 Å². The third kappa shape index (κ3) is 9.21. The Bertz CT molecular complexity index is 749. The van der Waals surface area contributed by atoms with Crippen molar-refractivity contribution in [2.24, 2.45) is 4.99 Å². The molecule has 2 aromatic rings. The lowest BCUT2D eigenvalue weighted by atomic mass is 10.1. The minimum atomic E-state index is -0.667. The molecular formula is C23H34IN3O3. The van der Waals surface area contributed by atoms with E-state index in [1.54, 1.807) is 7.11 Å². The average molecular weight is 527 g/mol. The van der Waals surface area contributed by atoms with Gasteiger partial charge in [-0.2, -0.15) is 0 Å². The molecule has 0 aromatic heterocycles. The fourth-order valence-electron chi connectivity index (χ4n) is 2.78. The number of rotatable bonds is 10. The fourth-order valence-corrected chi connectivity index (χ4v) is 2.78. The van der Waals surface area contributed by atoms with Crippen LogP contribution in [0.25, 0.3) is 0 Å². The maximum Gasteiger partial charge on any atom is 0.191 e. The molecule has 1 atom stereocenters. The molecule has 3 N–H and O–H groups in total. The van der Waals surface area contributed by atoms with Crippen molar-refractivity contribution in [1.29, 1.82) is 0 Å². The summed E-state index contributed by atoms with van der Waals surface area (Å²) >= 11 is 0. The van der Waals surface area contributed by atoms with Crippen LogP contribution >= 0.6 is 24.0 Å². The van der Waals surface area contributed by atoms with Crippen LogP contribution in [0.5, 0.6) is 11.5 Å². The van der Waals surface area contributed by atoms with Crippen molar-refractivity contribution in [3.05, 3.63) is 59.7 Å². The molecule has 0 amide bonds. The van der Waals surface area contributed by atoms with Gasteiger partial charge in [-0.05, 0) is 62.6 Å². The highest BCUT2D eigenvalue weighted by Crippen LogP contribution is 2.19. The number of ether oxygens (including phenoxy) is 2. The molecule has 7 heteroatoms. The quantitative estimate of drug-likeness (QED) is 0.248. The van der Waals surface area contributed by atoms with Crippen LogP contribution in [-0.4, -0.2) is 43.9 Å². The number of aliphatic hydroxyl groups is 1. The molecule has 1 unspecified atom stereocenters. The predicted octanol–water partition coefficient (Wildman–Crippen LogP) is 3.93. The first-order valence-corrected chi connectivity index (χ1v) is 10.1. The van der Waals surface area contributed by atoms with E-state index >= 15 is 0 Å². The lowest BCUT2D eigenvalue weighted by Crippen LogP contribution is -2.38. The van der Waals surface area contributed by atoms with E-state index < -0.39 is 6.10 Å². The summed E-state index contributed by atoms with van der Waals surface area (Å²) in [5, 5.41) is 17.0. The van der Waals surface area contributed by atoms with E-state index in [4.69, 9.17) is 9.47 Å². The molecule has 0 aliphatic carbocycles. The summed E-state index contributed by atoms with van der Waals surface area (Å²) in [6, 6.07) is 15.5. The average Bonchev–Trinajstić information content (AvgIpc) is 2.72. The molecule has 6 nitrogen and oxygen atoms in total. The van der Waals surface area contributed by atoms with Gasteiger partial charge in [-0.1, -0.05) is 24.3 Å². The number of halogens is 1. The molecule has 0 aliphatic rings. The topological polar surface area (TPSA) is 75.1 Å². The van der Waals surface area contributed by atoms with Gasteiger partial charge in [0.2, 0.25) is 0 Å². The van der Waals surface area contributed by atoms with Crippen LogP contribution in [-0.2, 0) is 6.42 Å². The largest absolute Gasteiger partial charge is 0.497 e. The molecule has 0 heterocycles. The van der Waals surface area contributed by atoms with Crippen LogP contribution in [0.4, 0.5) is 0 Å². The Balaban J connectivity index is 0.00000450. The van der Waals surface area contributed by atoms with Crippen molar-refractivity contribution in [3.8, 4) is 11.5 Å². The first kappa shape index (κ1) is 26.0. The van der Waals surface area contributed by atoms with Crippen molar-refractivity contribution in [2.45, 2.75) is 39.4 Å².